The van der Waals surface area contributed by atoms with Gasteiger partial charge in [-0.2, -0.15) is 0 Å². The van der Waals surface area contributed by atoms with Gasteiger partial charge in [-0.15, -0.1) is 0 Å². The Morgan fingerprint density at radius 2 is 0.661 bits per heavy atom. The van der Waals surface area contributed by atoms with E-state index in [1.54, 1.807) is 0 Å². The number of carbonyl (C=O) groups excluding carboxylic acids is 3. The van der Waals surface area contributed by atoms with Gasteiger partial charge >= 0.3 is 17.9 Å². The van der Waals surface area contributed by atoms with Gasteiger partial charge in [-0.25, -0.2) is 0 Å². The van der Waals surface area contributed by atoms with Crippen LogP contribution in [0.3, 0.4) is 0 Å². The van der Waals surface area contributed by atoms with E-state index in [0.29, 0.717) is 19.3 Å². The van der Waals surface area contributed by atoms with E-state index >= 15 is 0 Å². The molecule has 0 N–H and O–H groups in total. The second-order valence-corrected chi connectivity index (χ2v) is 16.4. The first-order valence-corrected chi connectivity index (χ1v) is 24.3. The molecular formula is C50H92O6. The molecule has 0 bridgehead atoms. The fourth-order valence-electron chi connectivity index (χ4n) is 6.99. The van der Waals surface area contributed by atoms with Gasteiger partial charge in [0.15, 0.2) is 6.10 Å². The summed E-state index contributed by atoms with van der Waals surface area (Å²) in [4.78, 5) is 37.8. The molecule has 0 aliphatic rings. The van der Waals surface area contributed by atoms with Crippen molar-refractivity contribution in [1.82, 2.24) is 0 Å². The Morgan fingerprint density at radius 1 is 0.357 bits per heavy atom. The largest absolute Gasteiger partial charge is 0.462 e. The van der Waals surface area contributed by atoms with E-state index in [1.165, 1.54) is 141 Å². The van der Waals surface area contributed by atoms with Gasteiger partial charge in [0.05, 0.1) is 0 Å². The first kappa shape index (κ1) is 53.9. The van der Waals surface area contributed by atoms with Crippen LogP contribution in [0, 0.1) is 0 Å². The SMILES string of the molecule is CCCC/C=C\C/C=C\CCCCCCCC(=O)OCC(COC(=O)CCCCCCCCCCCC)OC(=O)CCCCCCCCCCCCCCCC. The van der Waals surface area contributed by atoms with Gasteiger partial charge in [-0.3, -0.25) is 14.4 Å². The number of esters is 3. The monoisotopic (exact) mass is 789 g/mol. The van der Waals surface area contributed by atoms with Crippen LogP contribution < -0.4 is 0 Å². The van der Waals surface area contributed by atoms with E-state index in [-0.39, 0.29) is 31.1 Å². The summed E-state index contributed by atoms with van der Waals surface area (Å²) in [6, 6.07) is 0. The third-order valence-electron chi connectivity index (χ3n) is 10.7. The van der Waals surface area contributed by atoms with Crippen molar-refractivity contribution in [2.75, 3.05) is 13.2 Å². The lowest BCUT2D eigenvalue weighted by Gasteiger charge is -2.18. The summed E-state index contributed by atoms with van der Waals surface area (Å²) in [5, 5.41) is 0. The Labute approximate surface area is 347 Å². The van der Waals surface area contributed by atoms with Gasteiger partial charge in [-0.05, 0) is 44.9 Å². The summed E-state index contributed by atoms with van der Waals surface area (Å²) in [5.74, 6) is -0.877. The van der Waals surface area contributed by atoms with Crippen molar-refractivity contribution < 1.29 is 28.6 Å². The maximum Gasteiger partial charge on any atom is 0.306 e. The quantitative estimate of drug-likeness (QED) is 0.0265. The van der Waals surface area contributed by atoms with E-state index in [4.69, 9.17) is 14.2 Å². The molecule has 0 radical (unpaired) electrons. The summed E-state index contributed by atoms with van der Waals surface area (Å²) in [6.07, 6.45) is 50.1. The number of rotatable bonds is 44. The van der Waals surface area contributed by atoms with Gasteiger partial charge < -0.3 is 14.2 Å². The molecule has 1 unspecified atom stereocenters. The zero-order chi connectivity index (χ0) is 40.8. The molecule has 6 heteroatoms. The molecule has 6 nitrogen and oxygen atoms in total. The minimum absolute atomic E-state index is 0.0715. The zero-order valence-corrected chi connectivity index (χ0v) is 37.4. The molecule has 0 fully saturated rings. The highest BCUT2D eigenvalue weighted by Crippen LogP contribution is 2.15. The summed E-state index contributed by atoms with van der Waals surface area (Å²) in [6.45, 7) is 6.59. The van der Waals surface area contributed by atoms with Crippen LogP contribution >= 0.6 is 0 Å². The van der Waals surface area contributed by atoms with Crippen molar-refractivity contribution in [1.29, 1.82) is 0 Å². The summed E-state index contributed by atoms with van der Waals surface area (Å²) >= 11 is 0. The Bertz CT molecular complexity index is 911. The highest BCUT2D eigenvalue weighted by atomic mass is 16.6. The van der Waals surface area contributed by atoms with Crippen molar-refractivity contribution in [3.63, 3.8) is 0 Å². The topological polar surface area (TPSA) is 78.9 Å². The maximum absolute atomic E-state index is 12.7. The van der Waals surface area contributed by atoms with Crippen LogP contribution in [0.25, 0.3) is 0 Å². The molecule has 1 atom stereocenters. The summed E-state index contributed by atoms with van der Waals surface area (Å²) in [5.41, 5.74) is 0. The van der Waals surface area contributed by atoms with Crippen LogP contribution in [-0.4, -0.2) is 37.2 Å². The van der Waals surface area contributed by atoms with E-state index in [0.717, 1.165) is 77.0 Å². The lowest BCUT2D eigenvalue weighted by atomic mass is 10.0. The van der Waals surface area contributed by atoms with E-state index in [1.807, 2.05) is 0 Å². The molecule has 0 aliphatic carbocycles. The zero-order valence-electron chi connectivity index (χ0n) is 37.4. The first-order chi connectivity index (χ1) is 27.5. The van der Waals surface area contributed by atoms with Crippen molar-refractivity contribution in [3.05, 3.63) is 24.3 Å². The number of ether oxygens (including phenoxy) is 3. The fourth-order valence-corrected chi connectivity index (χ4v) is 6.99. The molecule has 56 heavy (non-hydrogen) atoms. The smallest absolute Gasteiger partial charge is 0.306 e. The molecule has 0 heterocycles. The van der Waals surface area contributed by atoms with Crippen molar-refractivity contribution >= 4 is 17.9 Å². The van der Waals surface area contributed by atoms with Gasteiger partial charge in [0.2, 0.25) is 0 Å². The average Bonchev–Trinajstić information content (AvgIpc) is 3.19. The maximum atomic E-state index is 12.7. The second-order valence-electron chi connectivity index (χ2n) is 16.4. The van der Waals surface area contributed by atoms with Gasteiger partial charge in [0, 0.05) is 19.3 Å². The van der Waals surface area contributed by atoms with E-state index < -0.39 is 6.10 Å². The highest BCUT2D eigenvalue weighted by molar-refractivity contribution is 5.71. The molecule has 0 aliphatic heterocycles. The number of hydrogen-bond acceptors (Lipinski definition) is 6. The van der Waals surface area contributed by atoms with Crippen LogP contribution in [0.2, 0.25) is 0 Å². The Balaban J connectivity index is 4.35. The molecule has 328 valence electrons. The van der Waals surface area contributed by atoms with Crippen LogP contribution in [0.4, 0.5) is 0 Å². The molecule has 0 rings (SSSR count). The van der Waals surface area contributed by atoms with Crippen LogP contribution in [0.1, 0.15) is 258 Å². The summed E-state index contributed by atoms with van der Waals surface area (Å²) < 4.78 is 16.7. The molecule has 0 aromatic heterocycles. The van der Waals surface area contributed by atoms with E-state index in [9.17, 15) is 14.4 Å². The minimum Gasteiger partial charge on any atom is -0.462 e. The molecule has 0 aromatic rings. The predicted octanol–water partition coefficient (Wildman–Crippen LogP) is 15.6. The first-order valence-electron chi connectivity index (χ1n) is 24.3. The second kappa shape index (κ2) is 45.6. The third kappa shape index (κ3) is 43.0. The molecule has 0 spiro atoms. The molecule has 0 amide bonds. The average molecular weight is 789 g/mol. The third-order valence-corrected chi connectivity index (χ3v) is 10.7. The van der Waals surface area contributed by atoms with E-state index in [2.05, 4.69) is 45.1 Å². The molecular weight excluding hydrogens is 697 g/mol. The number of hydrogen-bond donors (Lipinski definition) is 0. The normalized spacial score (nSPS) is 12.1. The van der Waals surface area contributed by atoms with Crippen molar-refractivity contribution in [2.24, 2.45) is 0 Å². The Hall–Kier alpha value is -2.11. The number of carbonyl (C=O) groups is 3. The standard InChI is InChI=1S/C50H92O6/c1-4-7-10-13-16-19-22-24-26-28-31-34-37-40-43-49(52)55-46-47(45-54-48(51)42-39-36-33-30-21-18-15-12-9-6-3)56-50(53)44-41-38-35-32-29-27-25-23-20-17-14-11-8-5-2/h13,16,22,24,47H,4-12,14-15,17-21,23,25-46H2,1-3H3/b16-13-,24-22-. The highest BCUT2D eigenvalue weighted by Gasteiger charge is 2.19. The number of unbranched alkanes of at least 4 members (excludes halogenated alkanes) is 29. The minimum atomic E-state index is -0.769. The Morgan fingerprint density at radius 3 is 1.04 bits per heavy atom. The predicted molar refractivity (Wildman–Crippen MR) is 238 cm³/mol. The van der Waals surface area contributed by atoms with Crippen LogP contribution in [-0.2, 0) is 28.6 Å². The van der Waals surface area contributed by atoms with Crippen LogP contribution in [0.15, 0.2) is 24.3 Å². The van der Waals surface area contributed by atoms with Gasteiger partial charge in [0.1, 0.15) is 13.2 Å². The fraction of sp³-hybridized carbons (Fsp3) is 0.860. The lowest BCUT2D eigenvalue weighted by Crippen LogP contribution is -2.30. The molecule has 0 saturated heterocycles. The number of allylic oxidation sites excluding steroid dienone is 4. The van der Waals surface area contributed by atoms with Gasteiger partial charge in [-0.1, -0.05) is 218 Å². The van der Waals surface area contributed by atoms with Crippen molar-refractivity contribution in [2.45, 2.75) is 264 Å². The lowest BCUT2D eigenvalue weighted by molar-refractivity contribution is -0.167. The summed E-state index contributed by atoms with van der Waals surface area (Å²) in [7, 11) is 0. The van der Waals surface area contributed by atoms with Crippen LogP contribution in [0.5, 0.6) is 0 Å². The van der Waals surface area contributed by atoms with Crippen molar-refractivity contribution in [3.8, 4) is 0 Å². The molecule has 0 saturated carbocycles. The molecule has 0 aromatic carbocycles. The Kier molecular flexibility index (Phi) is 43.9. The van der Waals surface area contributed by atoms with Gasteiger partial charge in [0.25, 0.3) is 0 Å².